The van der Waals surface area contributed by atoms with E-state index in [1.807, 2.05) is 13.0 Å². The summed E-state index contributed by atoms with van der Waals surface area (Å²) in [6.07, 6.45) is 3.26. The van der Waals surface area contributed by atoms with Gasteiger partial charge in [-0.1, -0.05) is 32.0 Å². The molecule has 0 saturated carbocycles. The van der Waals surface area contributed by atoms with Crippen LogP contribution >= 0.6 is 0 Å². The highest BCUT2D eigenvalue weighted by atomic mass is 16.5. The molecule has 1 aliphatic heterocycles. The second-order valence-corrected chi connectivity index (χ2v) is 9.06. The van der Waals surface area contributed by atoms with E-state index in [4.69, 9.17) is 4.74 Å². The Balaban J connectivity index is 1.79. The molecule has 180 valence electrons. The number of rotatable bonds is 7. The summed E-state index contributed by atoms with van der Waals surface area (Å²) in [4.78, 5) is 31.9. The number of phenolic OH excluding ortho intramolecular Hbond substituents is 1. The van der Waals surface area contributed by atoms with Gasteiger partial charge < -0.3 is 19.8 Å². The van der Waals surface area contributed by atoms with Crippen molar-refractivity contribution in [2.24, 2.45) is 5.92 Å². The number of hydrogen-bond acceptors (Lipinski definition) is 6. The highest BCUT2D eigenvalue weighted by Crippen LogP contribution is 2.41. The standard InChI is InChI=1S/C28H28N2O5/c1-17(2)16-35-22-10-11-23(18(3)13-22)26(32)24-25(20-6-8-21(31)9-7-20)30(28(34)27(24)33)15-19-5-4-12-29-14-19/h4-14,17,25,31-32H,15-16H2,1-3H3/t25-/m0/s1. The lowest BCUT2D eigenvalue weighted by atomic mass is 9.93. The molecule has 0 aliphatic carbocycles. The van der Waals surface area contributed by atoms with E-state index in [2.05, 4.69) is 18.8 Å². The third-order valence-electron chi connectivity index (χ3n) is 5.86. The quantitative estimate of drug-likeness (QED) is 0.292. The number of aromatic hydroxyl groups is 1. The third kappa shape index (κ3) is 5.04. The van der Waals surface area contributed by atoms with E-state index in [9.17, 15) is 19.8 Å². The SMILES string of the molecule is Cc1cc(OCC(C)C)ccc1C(O)=C1C(=O)C(=O)N(Cc2cccnc2)[C@H]1c1ccc(O)cc1. The van der Waals surface area contributed by atoms with E-state index in [-0.39, 0.29) is 23.6 Å². The second-order valence-electron chi connectivity index (χ2n) is 9.06. The zero-order valence-corrected chi connectivity index (χ0v) is 19.9. The van der Waals surface area contributed by atoms with Crippen molar-refractivity contribution in [1.82, 2.24) is 9.88 Å². The minimum atomic E-state index is -0.827. The van der Waals surface area contributed by atoms with Crippen LogP contribution in [0.1, 0.15) is 42.1 Å². The van der Waals surface area contributed by atoms with Gasteiger partial charge in [-0.25, -0.2) is 0 Å². The lowest BCUT2D eigenvalue weighted by molar-refractivity contribution is -0.140. The van der Waals surface area contributed by atoms with Crippen LogP contribution in [0.2, 0.25) is 0 Å². The summed E-state index contributed by atoms with van der Waals surface area (Å²) in [6, 6.07) is 14.3. The Morgan fingerprint density at radius 3 is 2.49 bits per heavy atom. The maximum Gasteiger partial charge on any atom is 0.295 e. The molecule has 1 fully saturated rings. The number of ketones is 1. The number of aryl methyl sites for hydroxylation is 1. The molecular formula is C28H28N2O5. The molecule has 1 atom stereocenters. The second kappa shape index (κ2) is 10.0. The van der Waals surface area contributed by atoms with Gasteiger partial charge in [-0.05, 0) is 65.9 Å². The normalized spacial score (nSPS) is 17.3. The van der Waals surface area contributed by atoms with Gasteiger partial charge in [-0.15, -0.1) is 0 Å². The molecule has 3 aromatic rings. The van der Waals surface area contributed by atoms with Crippen molar-refractivity contribution in [3.8, 4) is 11.5 Å². The van der Waals surface area contributed by atoms with Crippen LogP contribution in [0.3, 0.4) is 0 Å². The van der Waals surface area contributed by atoms with E-state index in [1.54, 1.807) is 48.8 Å². The number of amides is 1. The lowest BCUT2D eigenvalue weighted by Gasteiger charge is -2.25. The average molecular weight is 473 g/mol. The van der Waals surface area contributed by atoms with Crippen molar-refractivity contribution in [3.63, 3.8) is 0 Å². The predicted molar refractivity (Wildman–Crippen MR) is 132 cm³/mol. The van der Waals surface area contributed by atoms with Gasteiger partial charge in [0.15, 0.2) is 0 Å². The molecule has 0 spiro atoms. The zero-order chi connectivity index (χ0) is 25.1. The smallest absolute Gasteiger partial charge is 0.295 e. The first-order chi connectivity index (χ1) is 16.8. The Kier molecular flexibility index (Phi) is 6.87. The van der Waals surface area contributed by atoms with Gasteiger partial charge in [-0.2, -0.15) is 0 Å². The van der Waals surface area contributed by atoms with Crippen molar-refractivity contribution in [2.75, 3.05) is 6.61 Å². The maximum absolute atomic E-state index is 13.2. The van der Waals surface area contributed by atoms with Gasteiger partial charge in [-0.3, -0.25) is 14.6 Å². The number of carbonyl (C=O) groups excluding carboxylic acids is 2. The van der Waals surface area contributed by atoms with E-state index in [0.29, 0.717) is 35.0 Å². The van der Waals surface area contributed by atoms with Crippen LogP contribution in [-0.4, -0.2) is 38.4 Å². The number of Topliss-reactive ketones (excluding diaryl/α,β-unsaturated/α-hetero) is 1. The number of phenols is 1. The molecule has 0 radical (unpaired) electrons. The van der Waals surface area contributed by atoms with Crippen LogP contribution in [0.15, 0.2) is 72.6 Å². The monoisotopic (exact) mass is 472 g/mol. The first-order valence-electron chi connectivity index (χ1n) is 11.5. The van der Waals surface area contributed by atoms with Gasteiger partial charge in [0.05, 0.1) is 18.2 Å². The predicted octanol–water partition coefficient (Wildman–Crippen LogP) is 4.75. The number of nitrogens with zero attached hydrogens (tertiary/aromatic N) is 2. The first-order valence-corrected chi connectivity index (χ1v) is 11.5. The number of aliphatic hydroxyl groups excluding tert-OH is 1. The maximum atomic E-state index is 13.2. The van der Waals surface area contributed by atoms with E-state index in [1.165, 1.54) is 17.0 Å². The van der Waals surface area contributed by atoms with Crippen LogP contribution in [-0.2, 0) is 16.1 Å². The average Bonchev–Trinajstić information content (AvgIpc) is 3.08. The number of aromatic nitrogens is 1. The molecule has 35 heavy (non-hydrogen) atoms. The summed E-state index contributed by atoms with van der Waals surface area (Å²) in [5.74, 6) is -0.620. The molecule has 1 aromatic heterocycles. The minimum absolute atomic E-state index is 0.00327. The Labute approximate surface area is 204 Å². The van der Waals surface area contributed by atoms with Gasteiger partial charge in [0.2, 0.25) is 0 Å². The van der Waals surface area contributed by atoms with E-state index in [0.717, 1.165) is 5.56 Å². The minimum Gasteiger partial charge on any atom is -0.508 e. The van der Waals surface area contributed by atoms with Gasteiger partial charge >= 0.3 is 0 Å². The summed E-state index contributed by atoms with van der Waals surface area (Å²) in [6.45, 7) is 6.63. The molecular weight excluding hydrogens is 444 g/mol. The van der Waals surface area contributed by atoms with Crippen LogP contribution in [0.5, 0.6) is 11.5 Å². The van der Waals surface area contributed by atoms with Gasteiger partial charge in [0.25, 0.3) is 11.7 Å². The summed E-state index contributed by atoms with van der Waals surface area (Å²) < 4.78 is 5.78. The Morgan fingerprint density at radius 2 is 1.86 bits per heavy atom. The number of aliphatic hydroxyl groups is 1. The summed E-state index contributed by atoms with van der Waals surface area (Å²) in [5.41, 5.74) is 2.52. The van der Waals surface area contributed by atoms with Crippen molar-refractivity contribution < 1.29 is 24.5 Å². The number of benzene rings is 2. The van der Waals surface area contributed by atoms with Crippen molar-refractivity contribution >= 4 is 17.4 Å². The summed E-state index contributed by atoms with van der Waals surface area (Å²) >= 11 is 0. The lowest BCUT2D eigenvalue weighted by Crippen LogP contribution is -2.29. The Morgan fingerprint density at radius 1 is 1.11 bits per heavy atom. The van der Waals surface area contributed by atoms with Crippen molar-refractivity contribution in [3.05, 3.63) is 94.8 Å². The Bertz CT molecular complexity index is 1270. The topological polar surface area (TPSA) is 100.0 Å². The summed E-state index contributed by atoms with van der Waals surface area (Å²) in [7, 11) is 0. The molecule has 7 heteroatoms. The molecule has 1 amide bonds. The number of ether oxygens (including phenoxy) is 1. The largest absolute Gasteiger partial charge is 0.508 e. The molecule has 2 aromatic carbocycles. The molecule has 2 N–H and O–H groups in total. The van der Waals surface area contributed by atoms with Crippen molar-refractivity contribution in [2.45, 2.75) is 33.4 Å². The van der Waals surface area contributed by atoms with Crippen LogP contribution in [0.4, 0.5) is 0 Å². The molecule has 7 nitrogen and oxygen atoms in total. The van der Waals surface area contributed by atoms with Crippen LogP contribution < -0.4 is 4.74 Å². The highest BCUT2D eigenvalue weighted by Gasteiger charge is 2.46. The molecule has 2 heterocycles. The number of hydrogen-bond donors (Lipinski definition) is 2. The number of pyridine rings is 1. The van der Waals surface area contributed by atoms with Crippen LogP contribution in [0, 0.1) is 12.8 Å². The van der Waals surface area contributed by atoms with Crippen molar-refractivity contribution in [1.29, 1.82) is 0 Å². The number of carbonyl (C=O) groups is 2. The molecule has 0 bridgehead atoms. The van der Waals surface area contributed by atoms with Crippen LogP contribution in [0.25, 0.3) is 5.76 Å². The zero-order valence-electron chi connectivity index (χ0n) is 19.9. The first kappa shape index (κ1) is 24.0. The number of likely N-dealkylation sites (tertiary alicyclic amines) is 1. The molecule has 0 unspecified atom stereocenters. The van der Waals surface area contributed by atoms with E-state index < -0.39 is 17.7 Å². The fourth-order valence-corrected chi connectivity index (χ4v) is 4.13. The fraction of sp³-hybridized carbons (Fsp3) is 0.250. The van der Waals surface area contributed by atoms with E-state index >= 15 is 0 Å². The highest BCUT2D eigenvalue weighted by molar-refractivity contribution is 6.46. The molecule has 4 rings (SSSR count). The third-order valence-corrected chi connectivity index (χ3v) is 5.86. The fourth-order valence-electron chi connectivity index (χ4n) is 4.13. The molecule has 1 aliphatic rings. The summed E-state index contributed by atoms with van der Waals surface area (Å²) in [5, 5.41) is 21.1. The van der Waals surface area contributed by atoms with Gasteiger partial charge in [0.1, 0.15) is 17.3 Å². The Hall–Kier alpha value is -4.13. The molecule has 1 saturated heterocycles. The van der Waals surface area contributed by atoms with Gasteiger partial charge in [0, 0.05) is 24.5 Å².